The fourth-order valence-electron chi connectivity index (χ4n) is 2.63. The minimum Gasteiger partial charge on any atom is -0.355 e. The van der Waals surface area contributed by atoms with E-state index in [-0.39, 0.29) is 11.7 Å². The molecule has 3 aromatic rings. The number of hydrogen-bond donors (Lipinski definition) is 2. The molecule has 2 N–H and O–H groups in total. The van der Waals surface area contributed by atoms with Crippen LogP contribution in [0.4, 0.5) is 4.39 Å². The molecule has 0 fully saturated rings. The second-order valence-electron chi connectivity index (χ2n) is 5.79. The van der Waals surface area contributed by atoms with Gasteiger partial charge in [-0.1, -0.05) is 25.1 Å². The molecule has 0 saturated heterocycles. The molecule has 4 nitrogen and oxygen atoms in total. The Bertz CT molecular complexity index is 839. The third-order valence-electron chi connectivity index (χ3n) is 3.94. The van der Waals surface area contributed by atoms with Crippen LogP contribution in [0.1, 0.15) is 23.9 Å². The van der Waals surface area contributed by atoms with Gasteiger partial charge in [-0.2, -0.15) is 0 Å². The number of nitrogens with one attached hydrogen (secondary N) is 2. The van der Waals surface area contributed by atoms with Crippen molar-refractivity contribution in [2.75, 3.05) is 6.54 Å². The molecule has 2 aromatic carbocycles. The third kappa shape index (κ3) is 3.98. The number of halogens is 1. The zero-order valence-electron chi connectivity index (χ0n) is 13.6. The van der Waals surface area contributed by atoms with Gasteiger partial charge in [0.15, 0.2) is 0 Å². The van der Waals surface area contributed by atoms with Crippen LogP contribution < -0.4 is 5.32 Å². The first kappa shape index (κ1) is 16.2. The largest absolute Gasteiger partial charge is 0.355 e. The summed E-state index contributed by atoms with van der Waals surface area (Å²) in [6.07, 6.45) is 1.87. The van der Waals surface area contributed by atoms with E-state index in [9.17, 15) is 9.18 Å². The van der Waals surface area contributed by atoms with E-state index in [2.05, 4.69) is 15.3 Å². The minimum absolute atomic E-state index is 0.0216. The van der Waals surface area contributed by atoms with Crippen molar-refractivity contribution >= 4 is 16.9 Å². The monoisotopic (exact) mass is 325 g/mol. The van der Waals surface area contributed by atoms with Crippen LogP contribution in [0, 0.1) is 5.82 Å². The molecular formula is C19H20FN3O. The van der Waals surface area contributed by atoms with Gasteiger partial charge in [-0.25, -0.2) is 9.37 Å². The number of aryl methyl sites for hydroxylation is 1. The van der Waals surface area contributed by atoms with E-state index in [4.69, 9.17) is 0 Å². The number of aromatic amines is 1. The summed E-state index contributed by atoms with van der Waals surface area (Å²) < 4.78 is 12.8. The molecule has 0 unspecified atom stereocenters. The lowest BCUT2D eigenvalue weighted by Gasteiger charge is -2.06. The molecule has 0 saturated carbocycles. The van der Waals surface area contributed by atoms with Gasteiger partial charge in [-0.3, -0.25) is 4.79 Å². The number of aromatic nitrogens is 2. The quantitative estimate of drug-likeness (QED) is 0.731. The van der Waals surface area contributed by atoms with E-state index in [0.29, 0.717) is 19.4 Å². The molecule has 0 bridgehead atoms. The van der Waals surface area contributed by atoms with Crippen LogP contribution in [0.3, 0.4) is 0 Å². The molecule has 1 aromatic heterocycles. The molecule has 124 valence electrons. The van der Waals surface area contributed by atoms with Crippen LogP contribution >= 0.6 is 0 Å². The molecule has 0 aliphatic carbocycles. The molecule has 1 heterocycles. The summed E-state index contributed by atoms with van der Waals surface area (Å²) in [6.45, 7) is 2.59. The van der Waals surface area contributed by atoms with E-state index in [1.54, 1.807) is 12.1 Å². The van der Waals surface area contributed by atoms with E-state index >= 15 is 0 Å². The van der Waals surface area contributed by atoms with Crippen LogP contribution in [0.2, 0.25) is 0 Å². The number of amides is 1. The van der Waals surface area contributed by atoms with E-state index in [1.807, 2.05) is 25.1 Å². The van der Waals surface area contributed by atoms with Gasteiger partial charge < -0.3 is 10.3 Å². The number of hydrogen-bond acceptors (Lipinski definition) is 2. The maximum atomic E-state index is 12.8. The van der Waals surface area contributed by atoms with Crippen molar-refractivity contribution in [2.24, 2.45) is 0 Å². The molecule has 1 amide bonds. The van der Waals surface area contributed by atoms with Crippen molar-refractivity contribution < 1.29 is 9.18 Å². The Morgan fingerprint density at radius 1 is 1.17 bits per heavy atom. The predicted molar refractivity (Wildman–Crippen MR) is 92.3 cm³/mol. The number of rotatable bonds is 6. The lowest BCUT2D eigenvalue weighted by molar-refractivity contribution is -0.120. The zero-order valence-corrected chi connectivity index (χ0v) is 13.6. The van der Waals surface area contributed by atoms with Gasteiger partial charge in [-0.15, -0.1) is 0 Å². The van der Waals surface area contributed by atoms with Crippen LogP contribution in [-0.4, -0.2) is 22.4 Å². The summed E-state index contributed by atoms with van der Waals surface area (Å²) in [6, 6.07) is 12.2. The highest BCUT2D eigenvalue weighted by Gasteiger charge is 2.06. The average molecular weight is 325 g/mol. The fraction of sp³-hybridized carbons (Fsp3) is 0.263. The molecule has 0 spiro atoms. The fourth-order valence-corrected chi connectivity index (χ4v) is 2.63. The number of carbonyl (C=O) groups is 1. The van der Waals surface area contributed by atoms with Crippen molar-refractivity contribution in [2.45, 2.75) is 26.2 Å². The molecule has 0 atom stereocenters. The average Bonchev–Trinajstić information content (AvgIpc) is 2.99. The van der Waals surface area contributed by atoms with Crippen molar-refractivity contribution in [1.82, 2.24) is 15.3 Å². The van der Waals surface area contributed by atoms with Gasteiger partial charge in [0.05, 0.1) is 17.5 Å². The third-order valence-corrected chi connectivity index (χ3v) is 3.94. The van der Waals surface area contributed by atoms with E-state index in [1.165, 1.54) is 12.1 Å². The molecule has 0 radical (unpaired) electrons. The van der Waals surface area contributed by atoms with Gasteiger partial charge in [0.2, 0.25) is 5.91 Å². The van der Waals surface area contributed by atoms with E-state index < -0.39 is 0 Å². The molecule has 0 aliphatic heterocycles. The van der Waals surface area contributed by atoms with Gasteiger partial charge in [0, 0.05) is 13.0 Å². The lowest BCUT2D eigenvalue weighted by atomic mass is 10.1. The van der Waals surface area contributed by atoms with Crippen LogP contribution in [0.5, 0.6) is 0 Å². The highest BCUT2D eigenvalue weighted by Crippen LogP contribution is 2.14. The van der Waals surface area contributed by atoms with Gasteiger partial charge in [-0.05, 0) is 41.8 Å². The first-order chi connectivity index (χ1) is 11.6. The number of carbonyl (C=O) groups excluding carboxylic acids is 1. The molecule has 24 heavy (non-hydrogen) atoms. The Morgan fingerprint density at radius 2 is 1.92 bits per heavy atom. The summed E-state index contributed by atoms with van der Waals surface area (Å²) in [5.74, 6) is 0.681. The summed E-state index contributed by atoms with van der Waals surface area (Å²) in [7, 11) is 0. The van der Waals surface area contributed by atoms with Crippen LogP contribution in [0.15, 0.2) is 42.5 Å². The Labute approximate surface area is 140 Å². The first-order valence-electron chi connectivity index (χ1n) is 8.12. The van der Waals surface area contributed by atoms with Crippen molar-refractivity contribution in [1.29, 1.82) is 0 Å². The normalized spacial score (nSPS) is 10.9. The van der Waals surface area contributed by atoms with Gasteiger partial charge in [0.25, 0.3) is 0 Å². The summed E-state index contributed by atoms with van der Waals surface area (Å²) >= 11 is 0. The second kappa shape index (κ2) is 7.25. The zero-order chi connectivity index (χ0) is 16.9. The number of fused-ring (bicyclic) bond motifs is 1. The number of nitrogens with zero attached hydrogens (tertiary/aromatic N) is 1. The second-order valence-corrected chi connectivity index (χ2v) is 5.79. The number of benzene rings is 2. The molecule has 0 aliphatic rings. The highest BCUT2D eigenvalue weighted by molar-refractivity contribution is 5.81. The minimum atomic E-state index is -0.247. The Morgan fingerprint density at radius 3 is 2.67 bits per heavy atom. The standard InChI is InChI=1S/C19H20FN3O/c1-2-18-22-16-8-5-14(11-17(16)23-18)12-19(24)21-10-9-13-3-6-15(20)7-4-13/h3-8,11H,2,9-10,12H2,1H3,(H,21,24)(H,22,23). The maximum absolute atomic E-state index is 12.8. The van der Waals surface area contributed by atoms with Crippen molar-refractivity contribution in [3.05, 3.63) is 65.2 Å². The van der Waals surface area contributed by atoms with Gasteiger partial charge in [0.1, 0.15) is 11.6 Å². The SMILES string of the molecule is CCc1nc2ccc(CC(=O)NCCc3ccc(F)cc3)cc2[nH]1. The lowest BCUT2D eigenvalue weighted by Crippen LogP contribution is -2.27. The molecule has 5 heteroatoms. The molecule has 3 rings (SSSR count). The summed E-state index contributed by atoms with van der Waals surface area (Å²) in [5.41, 5.74) is 3.84. The summed E-state index contributed by atoms with van der Waals surface area (Å²) in [4.78, 5) is 19.8. The topological polar surface area (TPSA) is 57.8 Å². The maximum Gasteiger partial charge on any atom is 0.224 e. The first-order valence-corrected chi connectivity index (χ1v) is 8.12. The van der Waals surface area contributed by atoms with Crippen molar-refractivity contribution in [3.8, 4) is 0 Å². The van der Waals surface area contributed by atoms with Crippen molar-refractivity contribution in [3.63, 3.8) is 0 Å². The molecular weight excluding hydrogens is 305 g/mol. The Hall–Kier alpha value is -2.69. The smallest absolute Gasteiger partial charge is 0.224 e. The summed E-state index contributed by atoms with van der Waals surface area (Å²) in [5, 5.41) is 2.90. The highest BCUT2D eigenvalue weighted by atomic mass is 19.1. The van der Waals surface area contributed by atoms with Crippen LogP contribution in [0.25, 0.3) is 11.0 Å². The van der Waals surface area contributed by atoms with E-state index in [0.717, 1.165) is 34.4 Å². The Balaban J connectivity index is 1.53. The van der Waals surface area contributed by atoms with Gasteiger partial charge >= 0.3 is 0 Å². The van der Waals surface area contributed by atoms with Crippen LogP contribution in [-0.2, 0) is 24.1 Å². The predicted octanol–water partition coefficient (Wildman–Crippen LogP) is 3.17. The Kier molecular flexibility index (Phi) is 4.89. The number of H-pyrrole nitrogens is 1. The number of imidazole rings is 1.